The Morgan fingerprint density at radius 2 is 1.64 bits per heavy atom. The van der Waals surface area contributed by atoms with E-state index in [1.54, 1.807) is 0 Å². The van der Waals surface area contributed by atoms with Crippen molar-refractivity contribution in [1.82, 2.24) is 20.9 Å². The number of carbonyl (C=O) groups excluding carboxylic acids is 3. The van der Waals surface area contributed by atoms with Gasteiger partial charge in [0.2, 0.25) is 17.7 Å². The molecule has 3 aromatic rings. The van der Waals surface area contributed by atoms with E-state index in [-0.39, 0.29) is 30.7 Å². The molecule has 3 amide bonds. The number of aliphatic carboxylic acids is 1. The van der Waals surface area contributed by atoms with Gasteiger partial charge in [0.1, 0.15) is 12.1 Å². The number of hydrogen-bond donors (Lipinski definition) is 4. The number of nitrogens with zero attached hydrogens (tertiary/aromatic N) is 1. The van der Waals surface area contributed by atoms with Crippen molar-refractivity contribution in [3.05, 3.63) is 83.9 Å². The lowest BCUT2D eigenvalue weighted by Crippen LogP contribution is -2.54. The van der Waals surface area contributed by atoms with Gasteiger partial charge in [-0.15, -0.1) is 0 Å². The monoisotopic (exact) mass is 570 g/mol. The van der Waals surface area contributed by atoms with E-state index in [4.69, 9.17) is 0 Å². The number of rotatable bonds is 11. The highest BCUT2D eigenvalue weighted by Gasteiger charge is 2.38. The van der Waals surface area contributed by atoms with Gasteiger partial charge >= 0.3 is 5.97 Å². The van der Waals surface area contributed by atoms with Crippen LogP contribution in [0.25, 0.3) is 10.8 Å². The van der Waals surface area contributed by atoms with Crippen LogP contribution in [-0.4, -0.2) is 71.0 Å². The Morgan fingerprint density at radius 1 is 0.881 bits per heavy atom. The molecule has 5 rings (SSSR count). The van der Waals surface area contributed by atoms with Crippen LogP contribution < -0.4 is 16.0 Å². The van der Waals surface area contributed by atoms with E-state index in [1.807, 2.05) is 72.8 Å². The fraction of sp³-hybridized carbons (Fsp3) is 0.394. The quantitative estimate of drug-likeness (QED) is 0.281. The van der Waals surface area contributed by atoms with Crippen LogP contribution in [0.2, 0.25) is 0 Å². The summed E-state index contributed by atoms with van der Waals surface area (Å²) in [7, 11) is 0. The Hall–Kier alpha value is -4.24. The SMILES string of the molecule is O=C(C[C@H](Cc1ccccc1)NC(=O)[C@@H]1CCCN1)N[C@@H](Cc1cccc2ccccc12)C(=O)N1CCC[C@H]1C(=O)O. The molecule has 0 radical (unpaired) electrons. The average molecular weight is 571 g/mol. The number of hydrogen-bond acceptors (Lipinski definition) is 5. The number of carbonyl (C=O) groups is 4. The zero-order valence-corrected chi connectivity index (χ0v) is 23.6. The van der Waals surface area contributed by atoms with E-state index in [0.29, 0.717) is 25.8 Å². The molecule has 4 atom stereocenters. The van der Waals surface area contributed by atoms with Gasteiger partial charge in [0.05, 0.1) is 6.04 Å². The van der Waals surface area contributed by atoms with E-state index < -0.39 is 30.0 Å². The molecule has 3 aromatic carbocycles. The molecule has 0 unspecified atom stereocenters. The van der Waals surface area contributed by atoms with Crippen molar-refractivity contribution in [2.75, 3.05) is 13.1 Å². The standard InChI is InChI=1S/C33H38N4O5/c38-30(21-25(19-22-9-2-1-3-10-22)35-31(39)27-15-7-17-34-27)36-28(32(40)37-18-8-16-29(37)33(41)42)20-24-13-6-12-23-11-4-5-14-26(23)24/h1-6,9-14,25,27-29,34H,7-8,15-21H2,(H,35,39)(H,36,38)(H,41,42)/t25-,27-,28-,29-/m0/s1. The van der Waals surface area contributed by atoms with Crippen LogP contribution in [0.5, 0.6) is 0 Å². The first-order valence-electron chi connectivity index (χ1n) is 14.8. The predicted octanol–water partition coefficient (Wildman–Crippen LogP) is 2.81. The fourth-order valence-electron chi connectivity index (χ4n) is 6.14. The maximum atomic E-state index is 13.8. The van der Waals surface area contributed by atoms with Gasteiger partial charge in [-0.1, -0.05) is 72.8 Å². The lowest BCUT2D eigenvalue weighted by molar-refractivity contribution is -0.149. The predicted molar refractivity (Wildman–Crippen MR) is 160 cm³/mol. The topological polar surface area (TPSA) is 128 Å². The average Bonchev–Trinajstić information content (AvgIpc) is 3.70. The molecule has 0 spiro atoms. The zero-order chi connectivity index (χ0) is 29.5. The maximum absolute atomic E-state index is 13.8. The normalized spacial score (nSPS) is 19.8. The van der Waals surface area contributed by atoms with Crippen molar-refractivity contribution in [2.45, 2.75) is 69.1 Å². The minimum atomic E-state index is -1.04. The highest BCUT2D eigenvalue weighted by Crippen LogP contribution is 2.23. The molecule has 42 heavy (non-hydrogen) atoms. The number of carboxylic acid groups (broad SMARTS) is 1. The van der Waals surface area contributed by atoms with Crippen LogP contribution in [0.3, 0.4) is 0 Å². The lowest BCUT2D eigenvalue weighted by atomic mass is 9.97. The summed E-state index contributed by atoms with van der Waals surface area (Å²) in [6, 6.07) is 20.7. The number of nitrogens with one attached hydrogen (secondary N) is 3. The van der Waals surface area contributed by atoms with Gasteiger partial charge < -0.3 is 26.0 Å². The van der Waals surface area contributed by atoms with Crippen molar-refractivity contribution >= 4 is 34.5 Å². The third-order valence-electron chi connectivity index (χ3n) is 8.24. The molecule has 0 aromatic heterocycles. The molecule has 2 fully saturated rings. The summed E-state index contributed by atoms with van der Waals surface area (Å²) >= 11 is 0. The van der Waals surface area contributed by atoms with E-state index in [1.165, 1.54) is 4.90 Å². The summed E-state index contributed by atoms with van der Waals surface area (Å²) in [6.45, 7) is 1.12. The summed E-state index contributed by atoms with van der Waals surface area (Å²) < 4.78 is 0. The van der Waals surface area contributed by atoms with E-state index in [9.17, 15) is 24.3 Å². The molecule has 4 N–H and O–H groups in total. The van der Waals surface area contributed by atoms with Gasteiger partial charge in [0.15, 0.2) is 0 Å². The number of carboxylic acids is 1. The number of fused-ring (bicyclic) bond motifs is 1. The maximum Gasteiger partial charge on any atom is 0.326 e. The van der Waals surface area contributed by atoms with E-state index in [0.717, 1.165) is 41.3 Å². The van der Waals surface area contributed by atoms with E-state index >= 15 is 0 Å². The van der Waals surface area contributed by atoms with Gasteiger partial charge in [-0.2, -0.15) is 0 Å². The minimum absolute atomic E-state index is 0.0188. The highest BCUT2D eigenvalue weighted by atomic mass is 16.4. The van der Waals surface area contributed by atoms with Gasteiger partial charge in [-0.3, -0.25) is 14.4 Å². The second-order valence-corrected chi connectivity index (χ2v) is 11.2. The van der Waals surface area contributed by atoms with Crippen molar-refractivity contribution in [1.29, 1.82) is 0 Å². The number of amides is 3. The summed E-state index contributed by atoms with van der Waals surface area (Å²) in [4.78, 5) is 53.7. The van der Waals surface area contributed by atoms with Crippen molar-refractivity contribution < 1.29 is 24.3 Å². The van der Waals surface area contributed by atoms with Crippen molar-refractivity contribution in [2.24, 2.45) is 0 Å². The number of benzene rings is 3. The molecule has 2 saturated heterocycles. The van der Waals surface area contributed by atoms with Gasteiger partial charge in [0.25, 0.3) is 0 Å². The number of likely N-dealkylation sites (tertiary alicyclic amines) is 1. The Kier molecular flexibility index (Phi) is 9.48. The first-order chi connectivity index (χ1) is 20.4. The molecule has 0 saturated carbocycles. The summed E-state index contributed by atoms with van der Waals surface area (Å²) in [5.74, 6) is -1.95. The molecule has 220 valence electrons. The Labute approximate surface area is 245 Å². The lowest BCUT2D eigenvalue weighted by Gasteiger charge is -2.28. The minimum Gasteiger partial charge on any atom is -0.480 e. The molecule has 0 bridgehead atoms. The summed E-state index contributed by atoms with van der Waals surface area (Å²) in [6.07, 6.45) is 3.31. The van der Waals surface area contributed by atoms with Gasteiger partial charge in [-0.05, 0) is 60.5 Å². The summed E-state index contributed by atoms with van der Waals surface area (Å²) in [5.41, 5.74) is 1.87. The van der Waals surface area contributed by atoms with Crippen LogP contribution in [-0.2, 0) is 32.0 Å². The second-order valence-electron chi connectivity index (χ2n) is 11.2. The largest absolute Gasteiger partial charge is 0.480 e. The Balaban J connectivity index is 1.36. The van der Waals surface area contributed by atoms with Crippen molar-refractivity contribution in [3.63, 3.8) is 0 Å². The molecule has 9 nitrogen and oxygen atoms in total. The van der Waals surface area contributed by atoms with Crippen LogP contribution in [0.15, 0.2) is 72.8 Å². The third-order valence-corrected chi connectivity index (χ3v) is 8.24. The molecular formula is C33H38N4O5. The highest BCUT2D eigenvalue weighted by molar-refractivity contribution is 5.93. The molecule has 2 heterocycles. The molecule has 2 aliphatic heterocycles. The third kappa shape index (κ3) is 7.15. The molecule has 0 aliphatic carbocycles. The first kappa shape index (κ1) is 29.3. The Bertz CT molecular complexity index is 1420. The van der Waals surface area contributed by atoms with Crippen molar-refractivity contribution in [3.8, 4) is 0 Å². The smallest absolute Gasteiger partial charge is 0.326 e. The fourth-order valence-corrected chi connectivity index (χ4v) is 6.14. The molecule has 2 aliphatic rings. The Morgan fingerprint density at radius 3 is 2.40 bits per heavy atom. The van der Waals surface area contributed by atoms with E-state index in [2.05, 4.69) is 16.0 Å². The first-order valence-corrected chi connectivity index (χ1v) is 14.8. The van der Waals surface area contributed by atoms with Crippen LogP contribution in [0.4, 0.5) is 0 Å². The molecular weight excluding hydrogens is 532 g/mol. The second kappa shape index (κ2) is 13.6. The van der Waals surface area contributed by atoms with Crippen LogP contribution >= 0.6 is 0 Å². The van der Waals surface area contributed by atoms with Gasteiger partial charge in [0, 0.05) is 25.4 Å². The van der Waals surface area contributed by atoms with Crippen LogP contribution in [0.1, 0.15) is 43.2 Å². The van der Waals surface area contributed by atoms with Crippen LogP contribution in [0, 0.1) is 0 Å². The zero-order valence-electron chi connectivity index (χ0n) is 23.6. The summed E-state index contributed by atoms with van der Waals surface area (Å²) in [5, 5.41) is 20.9. The van der Waals surface area contributed by atoms with Gasteiger partial charge in [-0.25, -0.2) is 4.79 Å². The molecule has 9 heteroatoms.